The molecule has 4 atom stereocenters. The van der Waals surface area contributed by atoms with Crippen molar-refractivity contribution in [2.75, 3.05) is 20.6 Å². The summed E-state index contributed by atoms with van der Waals surface area (Å²) in [6, 6.07) is -0.323. The number of nitrogens with two attached hydrogens (primary N) is 1. The van der Waals surface area contributed by atoms with Gasteiger partial charge in [0.2, 0.25) is 11.8 Å². The summed E-state index contributed by atoms with van der Waals surface area (Å²) in [7, 11) is 3.50. The molecular weight excluding hydrogens is 254 g/mol. The van der Waals surface area contributed by atoms with Crippen molar-refractivity contribution in [3.8, 4) is 0 Å². The smallest absolute Gasteiger partial charge is 0.244 e. The summed E-state index contributed by atoms with van der Waals surface area (Å²) in [5, 5.41) is 0. The number of carbonyl (C=O) groups is 2. The van der Waals surface area contributed by atoms with Gasteiger partial charge in [-0.1, -0.05) is 6.92 Å². The van der Waals surface area contributed by atoms with Crippen LogP contribution in [0.5, 0.6) is 0 Å². The zero-order chi connectivity index (χ0) is 14.9. The van der Waals surface area contributed by atoms with Gasteiger partial charge in [0.25, 0.3) is 0 Å². The molecule has 5 nitrogen and oxygen atoms in total. The molecule has 1 heterocycles. The maximum atomic E-state index is 12.8. The van der Waals surface area contributed by atoms with Gasteiger partial charge in [-0.25, -0.2) is 0 Å². The van der Waals surface area contributed by atoms with Crippen LogP contribution < -0.4 is 5.73 Å². The third-order valence-electron chi connectivity index (χ3n) is 4.74. The third kappa shape index (κ3) is 2.97. The maximum Gasteiger partial charge on any atom is 0.244 e. The van der Waals surface area contributed by atoms with Crippen molar-refractivity contribution >= 4 is 11.8 Å². The number of hydrogen-bond acceptors (Lipinski definition) is 3. The van der Waals surface area contributed by atoms with E-state index < -0.39 is 0 Å². The second-order valence-electron chi connectivity index (χ2n) is 6.61. The monoisotopic (exact) mass is 281 g/mol. The average Bonchev–Trinajstić information content (AvgIpc) is 2.88. The van der Waals surface area contributed by atoms with E-state index in [1.54, 1.807) is 23.9 Å². The molecule has 0 aromatic heterocycles. The van der Waals surface area contributed by atoms with Gasteiger partial charge >= 0.3 is 0 Å². The average molecular weight is 281 g/mol. The van der Waals surface area contributed by atoms with Gasteiger partial charge < -0.3 is 15.5 Å². The Morgan fingerprint density at radius 3 is 2.55 bits per heavy atom. The fraction of sp³-hybridized carbons (Fsp3) is 0.867. The molecule has 1 saturated heterocycles. The number of likely N-dealkylation sites (tertiary alicyclic amines) is 1. The Labute approximate surface area is 121 Å². The van der Waals surface area contributed by atoms with E-state index in [1.165, 1.54) is 0 Å². The molecule has 0 aromatic carbocycles. The molecule has 2 N–H and O–H groups in total. The first-order valence-corrected chi connectivity index (χ1v) is 7.69. The molecule has 0 aromatic rings. The van der Waals surface area contributed by atoms with Crippen LogP contribution in [0.3, 0.4) is 0 Å². The number of likely N-dealkylation sites (N-methyl/N-ethyl adjacent to an activating group) is 1. The van der Waals surface area contributed by atoms with Gasteiger partial charge in [0.1, 0.15) is 6.04 Å². The zero-order valence-corrected chi connectivity index (χ0v) is 12.8. The summed E-state index contributed by atoms with van der Waals surface area (Å²) < 4.78 is 0. The summed E-state index contributed by atoms with van der Waals surface area (Å²) in [4.78, 5) is 28.3. The number of hydrogen-bond donors (Lipinski definition) is 1. The Bertz CT molecular complexity index is 383. The number of rotatable bonds is 2. The lowest BCUT2D eigenvalue weighted by molar-refractivity contribution is -0.146. The molecule has 2 fully saturated rings. The standard InChI is InChI=1S/C15H27N3O2/c1-10-6-7-12(16)11(9-10)14(19)18-8-4-5-13(18)15(20)17(2)3/h10-13H,4-9,16H2,1-3H3. The molecule has 2 aliphatic rings. The first kappa shape index (κ1) is 15.3. The minimum atomic E-state index is -0.276. The lowest BCUT2D eigenvalue weighted by Crippen LogP contribution is -2.51. The summed E-state index contributed by atoms with van der Waals surface area (Å²) >= 11 is 0. The highest BCUT2D eigenvalue weighted by atomic mass is 16.2. The van der Waals surface area contributed by atoms with E-state index in [0.717, 1.165) is 32.1 Å². The SMILES string of the molecule is CC1CCC(N)C(C(=O)N2CCCC2C(=O)N(C)C)C1. The Morgan fingerprint density at radius 1 is 1.20 bits per heavy atom. The quantitative estimate of drug-likeness (QED) is 0.815. The van der Waals surface area contributed by atoms with Gasteiger partial charge in [-0.3, -0.25) is 9.59 Å². The highest BCUT2D eigenvalue weighted by Crippen LogP contribution is 2.31. The summed E-state index contributed by atoms with van der Waals surface area (Å²) in [6.07, 6.45) is 4.57. The van der Waals surface area contributed by atoms with E-state index in [9.17, 15) is 9.59 Å². The lowest BCUT2D eigenvalue weighted by Gasteiger charge is -2.36. The van der Waals surface area contributed by atoms with Crippen LogP contribution >= 0.6 is 0 Å². The van der Waals surface area contributed by atoms with Crippen LogP contribution in [0.2, 0.25) is 0 Å². The molecule has 0 bridgehead atoms. The number of carbonyl (C=O) groups excluding carboxylic acids is 2. The van der Waals surface area contributed by atoms with Gasteiger partial charge in [0.05, 0.1) is 5.92 Å². The van der Waals surface area contributed by atoms with E-state index >= 15 is 0 Å². The summed E-state index contributed by atoms with van der Waals surface area (Å²) in [6.45, 7) is 2.87. The van der Waals surface area contributed by atoms with Crippen molar-refractivity contribution in [2.45, 2.75) is 51.1 Å². The Kier molecular flexibility index (Phi) is 4.68. The fourth-order valence-corrected chi connectivity index (χ4v) is 3.49. The van der Waals surface area contributed by atoms with E-state index in [4.69, 9.17) is 5.73 Å². The first-order chi connectivity index (χ1) is 9.41. The second kappa shape index (κ2) is 6.12. The van der Waals surface area contributed by atoms with Crippen LogP contribution in [-0.2, 0) is 9.59 Å². The van der Waals surface area contributed by atoms with Gasteiger partial charge in [-0.05, 0) is 38.0 Å². The molecule has 0 radical (unpaired) electrons. The van der Waals surface area contributed by atoms with Gasteiger partial charge in [0.15, 0.2) is 0 Å². The second-order valence-corrected chi connectivity index (χ2v) is 6.61. The van der Waals surface area contributed by atoms with E-state index in [2.05, 4.69) is 6.92 Å². The van der Waals surface area contributed by atoms with Gasteiger partial charge in [-0.15, -0.1) is 0 Å². The predicted molar refractivity (Wildman–Crippen MR) is 77.9 cm³/mol. The van der Waals surface area contributed by atoms with E-state index in [-0.39, 0.29) is 29.8 Å². The van der Waals surface area contributed by atoms with E-state index in [0.29, 0.717) is 12.5 Å². The van der Waals surface area contributed by atoms with Crippen molar-refractivity contribution < 1.29 is 9.59 Å². The number of amides is 2. The van der Waals surface area contributed by atoms with Crippen LogP contribution in [0.1, 0.15) is 39.0 Å². The molecule has 114 valence electrons. The number of nitrogens with zero attached hydrogens (tertiary/aromatic N) is 2. The van der Waals surface area contributed by atoms with Crippen LogP contribution in [0, 0.1) is 11.8 Å². The van der Waals surface area contributed by atoms with Crippen molar-refractivity contribution in [1.29, 1.82) is 0 Å². The molecule has 2 rings (SSSR count). The van der Waals surface area contributed by atoms with Gasteiger partial charge in [0, 0.05) is 26.7 Å². The third-order valence-corrected chi connectivity index (χ3v) is 4.74. The zero-order valence-electron chi connectivity index (χ0n) is 12.8. The highest BCUT2D eigenvalue weighted by Gasteiger charge is 2.40. The predicted octanol–water partition coefficient (Wildman–Crippen LogP) is 0.829. The van der Waals surface area contributed by atoms with Crippen molar-refractivity contribution in [3.63, 3.8) is 0 Å². The summed E-state index contributed by atoms with van der Waals surface area (Å²) in [5.41, 5.74) is 6.15. The molecule has 1 aliphatic carbocycles. The molecular formula is C15H27N3O2. The Morgan fingerprint density at radius 2 is 1.90 bits per heavy atom. The molecule has 1 aliphatic heterocycles. The molecule has 4 unspecified atom stereocenters. The van der Waals surface area contributed by atoms with Crippen LogP contribution in [0.4, 0.5) is 0 Å². The van der Waals surface area contributed by atoms with Crippen molar-refractivity contribution in [1.82, 2.24) is 9.80 Å². The Balaban J connectivity index is 2.09. The Hall–Kier alpha value is -1.10. The topological polar surface area (TPSA) is 66.6 Å². The molecule has 2 amide bonds. The fourth-order valence-electron chi connectivity index (χ4n) is 3.49. The minimum absolute atomic E-state index is 0.0354. The minimum Gasteiger partial charge on any atom is -0.347 e. The first-order valence-electron chi connectivity index (χ1n) is 7.69. The normalized spacial score (nSPS) is 34.1. The van der Waals surface area contributed by atoms with Gasteiger partial charge in [-0.2, -0.15) is 0 Å². The van der Waals surface area contributed by atoms with Crippen molar-refractivity contribution in [2.24, 2.45) is 17.6 Å². The summed E-state index contributed by atoms with van der Waals surface area (Å²) in [5.74, 6) is 0.582. The van der Waals surface area contributed by atoms with Crippen LogP contribution in [-0.4, -0.2) is 54.3 Å². The van der Waals surface area contributed by atoms with Crippen LogP contribution in [0.15, 0.2) is 0 Å². The maximum absolute atomic E-state index is 12.8. The van der Waals surface area contributed by atoms with E-state index in [1.807, 2.05) is 0 Å². The van der Waals surface area contributed by atoms with Crippen molar-refractivity contribution in [3.05, 3.63) is 0 Å². The lowest BCUT2D eigenvalue weighted by atomic mass is 9.78. The molecule has 20 heavy (non-hydrogen) atoms. The highest BCUT2D eigenvalue weighted by molar-refractivity contribution is 5.89. The largest absolute Gasteiger partial charge is 0.347 e. The molecule has 0 spiro atoms. The van der Waals surface area contributed by atoms with Crippen LogP contribution in [0.25, 0.3) is 0 Å². The molecule has 1 saturated carbocycles. The molecule has 5 heteroatoms.